The number of benzene rings is 3. The van der Waals surface area contributed by atoms with E-state index in [2.05, 4.69) is 25.3 Å². The van der Waals surface area contributed by atoms with Crippen molar-refractivity contribution in [1.29, 1.82) is 5.41 Å². The fourth-order valence-corrected chi connectivity index (χ4v) is 5.27. The van der Waals surface area contributed by atoms with E-state index in [1.807, 2.05) is 54.6 Å². The monoisotopic (exact) mass is 655 g/mol. The standard InChI is InChI=1S/C24H27NO3.C16H22O4/c1-2-27-16-19-7-9-21(10-8-19)22-11-12-24(23(13-22)14-25)28-17-20-5-3-18(15-26)4-6-20;1-3-16(17)20-13-7-5-4-6-12-19-15-10-8-14(18-2)9-11-15/h2,7-15,18,20,25H,1,3-6,16-17H2;3,8-11H,1,4-7,12-13H2,2H3. The third-order valence-corrected chi connectivity index (χ3v) is 8.16. The molecule has 1 aliphatic carbocycles. The second-order valence-electron chi connectivity index (χ2n) is 11.6. The van der Waals surface area contributed by atoms with Gasteiger partial charge in [0.05, 0.1) is 33.2 Å². The van der Waals surface area contributed by atoms with Crippen molar-refractivity contribution in [2.45, 2.75) is 58.0 Å². The minimum atomic E-state index is -0.354. The zero-order valence-electron chi connectivity index (χ0n) is 28.1. The lowest BCUT2D eigenvalue weighted by Crippen LogP contribution is -2.20. The summed E-state index contributed by atoms with van der Waals surface area (Å²) in [6.45, 7) is 9.20. The molecule has 8 heteroatoms. The Morgan fingerprint density at radius 3 is 2.12 bits per heavy atom. The third kappa shape index (κ3) is 13.5. The molecule has 256 valence electrons. The van der Waals surface area contributed by atoms with Gasteiger partial charge in [-0.25, -0.2) is 4.79 Å². The Labute approximate surface area is 285 Å². The van der Waals surface area contributed by atoms with E-state index < -0.39 is 0 Å². The largest absolute Gasteiger partial charge is 0.497 e. The van der Waals surface area contributed by atoms with Crippen LogP contribution in [0.4, 0.5) is 0 Å². The Hall–Kier alpha value is -4.85. The number of hydrogen-bond acceptors (Lipinski definition) is 8. The molecule has 1 aliphatic rings. The van der Waals surface area contributed by atoms with E-state index in [4.69, 9.17) is 29.1 Å². The number of carbonyl (C=O) groups excluding carboxylic acids is 2. The highest BCUT2D eigenvalue weighted by atomic mass is 16.5. The molecule has 3 aromatic rings. The van der Waals surface area contributed by atoms with Crippen LogP contribution >= 0.6 is 0 Å². The zero-order chi connectivity index (χ0) is 34.4. The van der Waals surface area contributed by atoms with Gasteiger partial charge in [-0.2, -0.15) is 0 Å². The Morgan fingerprint density at radius 1 is 0.833 bits per heavy atom. The lowest BCUT2D eigenvalue weighted by atomic mass is 9.83. The van der Waals surface area contributed by atoms with Gasteiger partial charge in [-0.15, -0.1) is 0 Å². The topological polar surface area (TPSA) is 104 Å². The van der Waals surface area contributed by atoms with Crippen molar-refractivity contribution in [2.75, 3.05) is 26.9 Å². The van der Waals surface area contributed by atoms with Crippen molar-refractivity contribution in [3.05, 3.63) is 103 Å². The zero-order valence-corrected chi connectivity index (χ0v) is 28.1. The van der Waals surface area contributed by atoms with E-state index in [9.17, 15) is 9.59 Å². The van der Waals surface area contributed by atoms with Crippen LogP contribution in [0.1, 0.15) is 62.5 Å². The lowest BCUT2D eigenvalue weighted by Gasteiger charge is -2.25. The molecule has 48 heavy (non-hydrogen) atoms. The van der Waals surface area contributed by atoms with E-state index in [0.29, 0.717) is 32.3 Å². The second kappa shape index (κ2) is 21.9. The van der Waals surface area contributed by atoms with Gasteiger partial charge in [0.2, 0.25) is 0 Å². The van der Waals surface area contributed by atoms with Crippen LogP contribution in [0.25, 0.3) is 11.1 Å². The number of esters is 1. The van der Waals surface area contributed by atoms with Crippen molar-refractivity contribution in [3.63, 3.8) is 0 Å². The Morgan fingerprint density at radius 2 is 1.50 bits per heavy atom. The minimum Gasteiger partial charge on any atom is -0.497 e. The Balaban J connectivity index is 0.000000277. The smallest absolute Gasteiger partial charge is 0.330 e. The Kier molecular flexibility index (Phi) is 17.1. The van der Waals surface area contributed by atoms with Gasteiger partial charge >= 0.3 is 5.97 Å². The van der Waals surface area contributed by atoms with Crippen LogP contribution in [-0.2, 0) is 25.7 Å². The molecule has 1 N–H and O–H groups in total. The fraction of sp³-hybridized carbons (Fsp3) is 0.375. The molecule has 0 atom stereocenters. The molecule has 4 rings (SSSR count). The van der Waals surface area contributed by atoms with Gasteiger partial charge in [0.25, 0.3) is 0 Å². The predicted molar refractivity (Wildman–Crippen MR) is 190 cm³/mol. The number of rotatable bonds is 19. The molecule has 0 aliphatic heterocycles. The summed E-state index contributed by atoms with van der Waals surface area (Å²) in [5.41, 5.74) is 4.00. The van der Waals surface area contributed by atoms with Crippen molar-refractivity contribution in [3.8, 4) is 28.4 Å². The molecule has 3 aromatic carbocycles. The Bertz CT molecular complexity index is 1410. The molecule has 1 fully saturated rings. The molecule has 0 saturated heterocycles. The lowest BCUT2D eigenvalue weighted by molar-refractivity contribution is -0.137. The van der Waals surface area contributed by atoms with Gasteiger partial charge in [-0.3, -0.25) is 0 Å². The summed E-state index contributed by atoms with van der Waals surface area (Å²) >= 11 is 0. The first-order valence-electron chi connectivity index (χ1n) is 16.6. The van der Waals surface area contributed by atoms with Crippen LogP contribution in [-0.4, -0.2) is 45.4 Å². The molecule has 8 nitrogen and oxygen atoms in total. The molecule has 0 radical (unpaired) electrons. The van der Waals surface area contributed by atoms with Gasteiger partial charge in [-0.05, 0) is 110 Å². The number of hydrogen-bond donors (Lipinski definition) is 1. The maximum absolute atomic E-state index is 10.9. The first-order chi connectivity index (χ1) is 23.5. The van der Waals surface area contributed by atoms with Crippen molar-refractivity contribution < 1.29 is 33.3 Å². The average molecular weight is 656 g/mol. The van der Waals surface area contributed by atoms with Gasteiger partial charge in [0, 0.05) is 23.8 Å². The SMILES string of the molecule is C=CC(=O)OCCCCCCOc1ccc(OC)cc1.C=COCc1ccc(-c2ccc(OCC3CCC(C=O)CC3)c(C=N)c2)cc1. The summed E-state index contributed by atoms with van der Waals surface area (Å²) < 4.78 is 26.8. The molecule has 0 unspecified atom stereocenters. The van der Waals surface area contributed by atoms with Gasteiger partial charge < -0.3 is 33.9 Å². The number of nitrogens with one attached hydrogen (secondary N) is 1. The molecule has 0 spiro atoms. The number of aldehydes is 1. The van der Waals surface area contributed by atoms with Crippen LogP contribution in [0, 0.1) is 17.2 Å². The molecular weight excluding hydrogens is 606 g/mol. The third-order valence-electron chi connectivity index (χ3n) is 8.16. The first kappa shape index (κ1) is 37.6. The van der Waals surface area contributed by atoms with E-state index in [1.165, 1.54) is 18.6 Å². The summed E-state index contributed by atoms with van der Waals surface area (Å²) in [6, 6.07) is 21.7. The van der Waals surface area contributed by atoms with Crippen LogP contribution in [0.3, 0.4) is 0 Å². The highest BCUT2D eigenvalue weighted by molar-refractivity contribution is 5.84. The second-order valence-corrected chi connectivity index (χ2v) is 11.6. The first-order valence-corrected chi connectivity index (χ1v) is 16.6. The van der Waals surface area contributed by atoms with E-state index in [1.54, 1.807) is 7.11 Å². The summed E-state index contributed by atoms with van der Waals surface area (Å²) in [6.07, 6.45) is 13.0. The maximum atomic E-state index is 10.9. The number of methoxy groups -OCH3 is 1. The fourth-order valence-electron chi connectivity index (χ4n) is 5.27. The summed E-state index contributed by atoms with van der Waals surface area (Å²) in [5, 5.41) is 7.76. The highest BCUT2D eigenvalue weighted by Gasteiger charge is 2.21. The quantitative estimate of drug-likeness (QED) is 0.0344. The molecular formula is C40H49NO7. The summed E-state index contributed by atoms with van der Waals surface area (Å²) in [5.74, 6) is 2.78. The average Bonchev–Trinajstić information content (AvgIpc) is 3.14. The van der Waals surface area contributed by atoms with E-state index >= 15 is 0 Å². The van der Waals surface area contributed by atoms with Crippen molar-refractivity contribution >= 4 is 18.5 Å². The highest BCUT2D eigenvalue weighted by Crippen LogP contribution is 2.30. The molecule has 0 heterocycles. The van der Waals surface area contributed by atoms with E-state index in [-0.39, 0.29) is 11.9 Å². The number of ether oxygens (including phenoxy) is 5. The summed E-state index contributed by atoms with van der Waals surface area (Å²) in [4.78, 5) is 21.7. The normalized spacial score (nSPS) is 15.1. The summed E-state index contributed by atoms with van der Waals surface area (Å²) in [7, 11) is 1.64. The van der Waals surface area contributed by atoms with Crippen LogP contribution in [0.15, 0.2) is 92.2 Å². The van der Waals surface area contributed by atoms with Gasteiger partial charge in [0.1, 0.15) is 30.1 Å². The van der Waals surface area contributed by atoms with Crippen molar-refractivity contribution in [2.24, 2.45) is 11.8 Å². The van der Waals surface area contributed by atoms with Gasteiger partial charge in [-0.1, -0.05) is 43.5 Å². The maximum Gasteiger partial charge on any atom is 0.330 e. The van der Waals surface area contributed by atoms with Crippen LogP contribution in [0.2, 0.25) is 0 Å². The van der Waals surface area contributed by atoms with E-state index in [0.717, 1.165) is 97.2 Å². The van der Waals surface area contributed by atoms with Crippen molar-refractivity contribution in [1.82, 2.24) is 0 Å². The predicted octanol–water partition coefficient (Wildman–Crippen LogP) is 8.76. The molecule has 0 aromatic heterocycles. The number of carbonyl (C=O) groups is 2. The van der Waals surface area contributed by atoms with Crippen LogP contribution < -0.4 is 14.2 Å². The minimum absolute atomic E-state index is 0.224. The molecule has 0 bridgehead atoms. The molecule has 0 amide bonds. The van der Waals surface area contributed by atoms with Crippen LogP contribution in [0.5, 0.6) is 17.2 Å². The van der Waals surface area contributed by atoms with Gasteiger partial charge in [0.15, 0.2) is 0 Å². The molecule has 1 saturated carbocycles. The number of unbranched alkanes of at least 4 members (excludes halogenated alkanes) is 3.